The third kappa shape index (κ3) is 8.38. The summed E-state index contributed by atoms with van der Waals surface area (Å²) in [6, 6.07) is 8.58. The van der Waals surface area contributed by atoms with Crippen molar-refractivity contribution in [2.24, 2.45) is 4.99 Å². The summed E-state index contributed by atoms with van der Waals surface area (Å²) in [5.41, 5.74) is 1.47. The van der Waals surface area contributed by atoms with E-state index in [0.717, 1.165) is 28.8 Å². The van der Waals surface area contributed by atoms with E-state index < -0.39 is 11.9 Å². The summed E-state index contributed by atoms with van der Waals surface area (Å²) in [6.07, 6.45) is -4.42. The number of halogens is 4. The first-order valence-corrected chi connectivity index (χ1v) is 10.4. The van der Waals surface area contributed by atoms with Crippen LogP contribution < -0.4 is 10.6 Å². The second-order valence-electron chi connectivity index (χ2n) is 6.95. The molecule has 0 aliphatic rings. The number of guanidine groups is 1. The highest BCUT2D eigenvalue weighted by atomic mass is 127. The molecule has 1 aromatic carbocycles. The van der Waals surface area contributed by atoms with Gasteiger partial charge in [0, 0.05) is 24.5 Å². The van der Waals surface area contributed by atoms with Crippen LogP contribution in [0.1, 0.15) is 42.6 Å². The molecule has 0 amide bonds. The van der Waals surface area contributed by atoms with E-state index in [0.29, 0.717) is 30.1 Å². The Hall–Kier alpha value is -1.40. The average molecular weight is 555 g/mol. The van der Waals surface area contributed by atoms with Crippen LogP contribution in [-0.2, 0) is 25.8 Å². The van der Waals surface area contributed by atoms with Gasteiger partial charge >= 0.3 is 6.18 Å². The number of nitrogens with zero attached hydrogens (tertiary/aromatic N) is 3. The molecule has 30 heavy (non-hydrogen) atoms. The largest absolute Gasteiger partial charge is 0.434 e. The lowest BCUT2D eigenvalue weighted by atomic mass is 10.1. The monoisotopic (exact) mass is 555 g/mol. The molecule has 0 aliphatic carbocycles. The fourth-order valence-electron chi connectivity index (χ4n) is 2.50. The Morgan fingerprint density at radius 2 is 1.87 bits per heavy atom. The van der Waals surface area contributed by atoms with Crippen molar-refractivity contribution in [2.75, 3.05) is 13.6 Å². The van der Waals surface area contributed by atoms with Crippen LogP contribution in [0.5, 0.6) is 0 Å². The van der Waals surface area contributed by atoms with Gasteiger partial charge in [0.25, 0.3) is 0 Å². The lowest BCUT2D eigenvalue weighted by Crippen LogP contribution is -2.36. The van der Waals surface area contributed by atoms with Gasteiger partial charge in [0.05, 0.1) is 13.1 Å². The van der Waals surface area contributed by atoms with Gasteiger partial charge in [-0.2, -0.15) is 13.2 Å². The van der Waals surface area contributed by atoms with Crippen LogP contribution >= 0.6 is 35.3 Å². The van der Waals surface area contributed by atoms with Crippen molar-refractivity contribution in [3.8, 4) is 0 Å². The number of hydrogen-bond donors (Lipinski definition) is 2. The second-order valence-corrected chi connectivity index (χ2v) is 7.89. The molecule has 0 bridgehead atoms. The molecule has 0 spiro atoms. The number of rotatable bonds is 8. The first-order chi connectivity index (χ1) is 13.7. The average Bonchev–Trinajstić information content (AvgIpc) is 3.14. The Labute approximate surface area is 197 Å². The highest BCUT2D eigenvalue weighted by molar-refractivity contribution is 14.0. The van der Waals surface area contributed by atoms with E-state index in [-0.39, 0.29) is 30.5 Å². The van der Waals surface area contributed by atoms with E-state index in [2.05, 4.69) is 52.5 Å². The summed E-state index contributed by atoms with van der Waals surface area (Å²) in [6.45, 7) is 8.37. The van der Waals surface area contributed by atoms with Crippen molar-refractivity contribution in [3.05, 3.63) is 51.5 Å². The molecule has 0 unspecified atom stereocenters. The molecule has 2 N–H and O–H groups in total. The minimum atomic E-state index is -4.42. The van der Waals surface area contributed by atoms with Gasteiger partial charge in [-0.25, -0.2) is 9.98 Å². The first-order valence-electron chi connectivity index (χ1n) is 9.51. The zero-order chi connectivity index (χ0) is 21.4. The van der Waals surface area contributed by atoms with Gasteiger partial charge < -0.3 is 10.6 Å². The van der Waals surface area contributed by atoms with E-state index in [1.54, 1.807) is 0 Å². The van der Waals surface area contributed by atoms with Gasteiger partial charge in [0.15, 0.2) is 11.7 Å². The smallest absolute Gasteiger partial charge is 0.357 e. The molecular weight excluding hydrogens is 526 g/mol. The summed E-state index contributed by atoms with van der Waals surface area (Å²) < 4.78 is 38.1. The number of thiazole rings is 1. The van der Waals surface area contributed by atoms with Gasteiger partial charge in [-0.05, 0) is 38.9 Å². The van der Waals surface area contributed by atoms with Crippen molar-refractivity contribution in [3.63, 3.8) is 0 Å². The number of aliphatic imine (C=N–C) groups is 1. The zero-order valence-electron chi connectivity index (χ0n) is 17.6. The maximum atomic E-state index is 12.7. The summed E-state index contributed by atoms with van der Waals surface area (Å²) in [4.78, 5) is 10.5. The third-order valence-electron chi connectivity index (χ3n) is 4.42. The minimum Gasteiger partial charge on any atom is -0.357 e. The predicted octanol–water partition coefficient (Wildman–Crippen LogP) is 4.88. The molecule has 0 fully saturated rings. The molecule has 0 saturated heterocycles. The van der Waals surface area contributed by atoms with E-state index in [1.807, 2.05) is 25.1 Å². The standard InChI is InChI=1S/C20H28F3N5S.HI/c1-5-24-19(26-11-18-27-17(13-29-18)20(21,22)23)25-10-15-8-6-7-9-16(15)12-28(4)14(2)3;/h6-9,13-14H,5,10-12H2,1-4H3,(H2,24,25,26);1H. The number of alkyl halides is 3. The SMILES string of the molecule is CCNC(=NCc1ccccc1CN(C)C(C)C)NCc1nc(C(F)(F)F)cs1.I. The van der Waals surface area contributed by atoms with E-state index in [4.69, 9.17) is 0 Å². The normalized spacial score (nSPS) is 12.2. The zero-order valence-corrected chi connectivity index (χ0v) is 20.7. The van der Waals surface area contributed by atoms with Crippen molar-refractivity contribution in [2.45, 2.75) is 52.6 Å². The fourth-order valence-corrected chi connectivity index (χ4v) is 3.25. The minimum absolute atomic E-state index is 0. The quantitative estimate of drug-likeness (QED) is 0.277. The molecule has 0 saturated carbocycles. The highest BCUT2D eigenvalue weighted by Gasteiger charge is 2.33. The van der Waals surface area contributed by atoms with Crippen molar-refractivity contribution in [1.82, 2.24) is 20.5 Å². The molecule has 1 heterocycles. The van der Waals surface area contributed by atoms with E-state index in [9.17, 15) is 13.2 Å². The van der Waals surface area contributed by atoms with Crippen molar-refractivity contribution >= 4 is 41.3 Å². The first kappa shape index (κ1) is 26.6. The van der Waals surface area contributed by atoms with Crippen LogP contribution in [0.4, 0.5) is 13.2 Å². The number of aromatic nitrogens is 1. The van der Waals surface area contributed by atoms with Crippen LogP contribution in [-0.4, -0.2) is 35.5 Å². The van der Waals surface area contributed by atoms with Gasteiger partial charge in [-0.3, -0.25) is 4.90 Å². The third-order valence-corrected chi connectivity index (χ3v) is 5.27. The molecule has 2 rings (SSSR count). The maximum absolute atomic E-state index is 12.7. The summed E-state index contributed by atoms with van der Waals surface area (Å²) in [5, 5.41) is 7.57. The van der Waals surface area contributed by atoms with Gasteiger partial charge in [0.2, 0.25) is 0 Å². The Balaban J connectivity index is 0.00000450. The van der Waals surface area contributed by atoms with Crippen LogP contribution in [0, 0.1) is 0 Å². The molecule has 1 aromatic heterocycles. The Kier molecular flexibility index (Phi) is 11.1. The molecule has 0 radical (unpaired) electrons. The summed E-state index contributed by atoms with van der Waals surface area (Å²) in [7, 11) is 2.08. The second kappa shape index (κ2) is 12.5. The summed E-state index contributed by atoms with van der Waals surface area (Å²) in [5.74, 6) is 0.545. The van der Waals surface area contributed by atoms with Gasteiger partial charge in [0.1, 0.15) is 5.01 Å². The van der Waals surface area contributed by atoms with Crippen molar-refractivity contribution < 1.29 is 13.2 Å². The highest BCUT2D eigenvalue weighted by Crippen LogP contribution is 2.29. The number of nitrogens with one attached hydrogen (secondary N) is 2. The Bertz CT molecular complexity index is 808. The molecule has 0 atom stereocenters. The van der Waals surface area contributed by atoms with Gasteiger partial charge in [-0.1, -0.05) is 24.3 Å². The van der Waals surface area contributed by atoms with Crippen molar-refractivity contribution in [1.29, 1.82) is 0 Å². The molecular formula is C20H29F3IN5S. The molecule has 10 heteroatoms. The van der Waals surface area contributed by atoms with Crippen LogP contribution in [0.2, 0.25) is 0 Å². The lowest BCUT2D eigenvalue weighted by molar-refractivity contribution is -0.140. The lowest BCUT2D eigenvalue weighted by Gasteiger charge is -2.22. The number of hydrogen-bond acceptors (Lipinski definition) is 4. The van der Waals surface area contributed by atoms with E-state index >= 15 is 0 Å². The topological polar surface area (TPSA) is 52.6 Å². The predicted molar refractivity (Wildman–Crippen MR) is 127 cm³/mol. The summed E-state index contributed by atoms with van der Waals surface area (Å²) >= 11 is 0.981. The fraction of sp³-hybridized carbons (Fsp3) is 0.500. The molecule has 2 aromatic rings. The molecule has 168 valence electrons. The Morgan fingerprint density at radius 3 is 2.43 bits per heavy atom. The molecule has 5 nitrogen and oxygen atoms in total. The maximum Gasteiger partial charge on any atom is 0.434 e. The van der Waals surface area contributed by atoms with Gasteiger partial charge in [-0.15, -0.1) is 35.3 Å². The van der Waals surface area contributed by atoms with Crippen LogP contribution in [0.3, 0.4) is 0 Å². The van der Waals surface area contributed by atoms with E-state index in [1.165, 1.54) is 5.56 Å². The molecule has 0 aliphatic heterocycles. The number of benzene rings is 1. The Morgan fingerprint density at radius 1 is 1.20 bits per heavy atom. The van der Waals surface area contributed by atoms with Crippen LogP contribution in [0.25, 0.3) is 0 Å². The van der Waals surface area contributed by atoms with Crippen LogP contribution in [0.15, 0.2) is 34.6 Å².